The number of methoxy groups -OCH3 is 1. The molecule has 0 unspecified atom stereocenters. The number of H-pyrrole nitrogens is 1. The molecule has 1 heterocycles. The van der Waals surface area contributed by atoms with Crippen LogP contribution in [0.2, 0.25) is 5.02 Å². The number of benzene rings is 2. The zero-order chi connectivity index (χ0) is 15.5. The largest absolute Gasteiger partial charge is 0.497 e. The first-order chi connectivity index (χ1) is 10.7. The maximum Gasteiger partial charge on any atom is 0.166 e. The van der Waals surface area contributed by atoms with Gasteiger partial charge in [0.1, 0.15) is 5.75 Å². The number of halogens is 1. The van der Waals surface area contributed by atoms with E-state index in [0.29, 0.717) is 0 Å². The summed E-state index contributed by atoms with van der Waals surface area (Å²) in [6.07, 6.45) is 2.00. The summed E-state index contributed by atoms with van der Waals surface area (Å²) in [7, 11) is 1.66. The molecule has 0 bridgehead atoms. The SMILES string of the molecule is COc1ccc(-c2nc(SC)[nH]c2-c2ccc(Cl)cc2)cc1. The van der Waals surface area contributed by atoms with Crippen molar-refractivity contribution in [3.05, 3.63) is 53.6 Å². The maximum atomic E-state index is 5.98. The Morgan fingerprint density at radius 2 is 1.64 bits per heavy atom. The van der Waals surface area contributed by atoms with Gasteiger partial charge in [0.2, 0.25) is 0 Å². The number of rotatable bonds is 4. The highest BCUT2D eigenvalue weighted by Gasteiger charge is 2.14. The second-order valence-corrected chi connectivity index (χ2v) is 5.94. The van der Waals surface area contributed by atoms with Gasteiger partial charge in [-0.1, -0.05) is 35.5 Å². The molecular weight excluding hydrogens is 316 g/mol. The molecule has 22 heavy (non-hydrogen) atoms. The van der Waals surface area contributed by atoms with Crippen molar-refractivity contribution in [1.82, 2.24) is 9.97 Å². The summed E-state index contributed by atoms with van der Waals surface area (Å²) in [5.41, 5.74) is 4.02. The van der Waals surface area contributed by atoms with E-state index in [2.05, 4.69) is 9.97 Å². The molecule has 0 aliphatic rings. The van der Waals surface area contributed by atoms with E-state index in [1.54, 1.807) is 18.9 Å². The summed E-state index contributed by atoms with van der Waals surface area (Å²) in [4.78, 5) is 8.06. The number of hydrogen-bond acceptors (Lipinski definition) is 3. The smallest absolute Gasteiger partial charge is 0.166 e. The van der Waals surface area contributed by atoms with E-state index in [-0.39, 0.29) is 0 Å². The molecule has 1 aromatic heterocycles. The normalized spacial score (nSPS) is 10.7. The number of aromatic amines is 1. The van der Waals surface area contributed by atoms with Crippen LogP contribution < -0.4 is 4.74 Å². The minimum atomic E-state index is 0.722. The molecule has 0 amide bonds. The number of imidazole rings is 1. The van der Waals surface area contributed by atoms with E-state index >= 15 is 0 Å². The molecule has 0 fully saturated rings. The minimum absolute atomic E-state index is 0.722. The van der Waals surface area contributed by atoms with Crippen molar-refractivity contribution >= 4 is 23.4 Å². The quantitative estimate of drug-likeness (QED) is 0.674. The summed E-state index contributed by atoms with van der Waals surface area (Å²) in [5, 5.41) is 1.61. The van der Waals surface area contributed by atoms with Gasteiger partial charge >= 0.3 is 0 Å². The number of aromatic nitrogens is 2. The molecule has 5 heteroatoms. The number of thioether (sulfide) groups is 1. The molecule has 112 valence electrons. The van der Waals surface area contributed by atoms with Crippen LogP contribution in [0.3, 0.4) is 0 Å². The van der Waals surface area contributed by atoms with Gasteiger partial charge in [0, 0.05) is 16.1 Å². The standard InChI is InChI=1S/C17H15ClN2OS/c1-21-14-9-5-12(6-10-14)16-15(19-17(20-16)22-2)11-3-7-13(18)8-4-11/h3-10H,1-2H3,(H,19,20). The van der Waals surface area contributed by atoms with Crippen LogP contribution in [0.15, 0.2) is 53.7 Å². The van der Waals surface area contributed by atoms with Crippen LogP contribution in [-0.2, 0) is 0 Å². The van der Waals surface area contributed by atoms with Crippen LogP contribution in [0.5, 0.6) is 5.75 Å². The van der Waals surface area contributed by atoms with Crippen LogP contribution in [0.1, 0.15) is 0 Å². The van der Waals surface area contributed by atoms with Crippen LogP contribution in [0.25, 0.3) is 22.5 Å². The molecule has 0 aliphatic heterocycles. The molecule has 0 radical (unpaired) electrons. The highest BCUT2D eigenvalue weighted by molar-refractivity contribution is 7.98. The van der Waals surface area contributed by atoms with Crippen molar-refractivity contribution in [3.8, 4) is 28.3 Å². The lowest BCUT2D eigenvalue weighted by Crippen LogP contribution is -1.85. The average molecular weight is 331 g/mol. The van der Waals surface area contributed by atoms with Gasteiger partial charge in [0.15, 0.2) is 5.16 Å². The zero-order valence-electron chi connectivity index (χ0n) is 12.3. The van der Waals surface area contributed by atoms with Gasteiger partial charge in [-0.25, -0.2) is 4.98 Å². The summed E-state index contributed by atoms with van der Waals surface area (Å²) < 4.78 is 5.21. The molecule has 0 saturated carbocycles. The van der Waals surface area contributed by atoms with Crippen molar-refractivity contribution in [2.45, 2.75) is 5.16 Å². The third-order valence-corrected chi connectivity index (χ3v) is 4.20. The Bertz CT molecular complexity index is 766. The molecular formula is C17H15ClN2OS. The maximum absolute atomic E-state index is 5.98. The number of nitrogens with one attached hydrogen (secondary N) is 1. The number of hydrogen-bond donors (Lipinski definition) is 1. The Morgan fingerprint density at radius 1 is 1.00 bits per heavy atom. The van der Waals surface area contributed by atoms with E-state index in [1.807, 2.05) is 54.8 Å². The van der Waals surface area contributed by atoms with E-state index < -0.39 is 0 Å². The van der Waals surface area contributed by atoms with E-state index in [9.17, 15) is 0 Å². The summed E-state index contributed by atoms with van der Waals surface area (Å²) in [6.45, 7) is 0. The fourth-order valence-electron chi connectivity index (χ4n) is 2.23. The van der Waals surface area contributed by atoms with Crippen LogP contribution >= 0.6 is 23.4 Å². The molecule has 3 nitrogen and oxygen atoms in total. The molecule has 2 aromatic carbocycles. The van der Waals surface area contributed by atoms with Gasteiger partial charge < -0.3 is 9.72 Å². The van der Waals surface area contributed by atoms with Gasteiger partial charge in [0.05, 0.1) is 18.5 Å². The first kappa shape index (κ1) is 15.0. The van der Waals surface area contributed by atoms with Crippen molar-refractivity contribution < 1.29 is 4.74 Å². The van der Waals surface area contributed by atoms with Gasteiger partial charge in [-0.15, -0.1) is 0 Å². The lowest BCUT2D eigenvalue weighted by Gasteiger charge is -2.05. The van der Waals surface area contributed by atoms with Gasteiger partial charge in [0.25, 0.3) is 0 Å². The van der Waals surface area contributed by atoms with Crippen molar-refractivity contribution in [3.63, 3.8) is 0 Å². The Hall–Kier alpha value is -1.91. The lowest BCUT2D eigenvalue weighted by atomic mass is 10.1. The van der Waals surface area contributed by atoms with Crippen LogP contribution in [-0.4, -0.2) is 23.3 Å². The third kappa shape index (κ3) is 2.98. The Kier molecular flexibility index (Phi) is 4.41. The summed E-state index contributed by atoms with van der Waals surface area (Å²) >= 11 is 7.56. The molecule has 3 rings (SSSR count). The molecule has 3 aromatic rings. The highest BCUT2D eigenvalue weighted by Crippen LogP contribution is 2.33. The first-order valence-corrected chi connectivity index (χ1v) is 8.36. The lowest BCUT2D eigenvalue weighted by molar-refractivity contribution is 0.415. The monoisotopic (exact) mass is 330 g/mol. The predicted octanol–water partition coefficient (Wildman–Crippen LogP) is 5.13. The summed E-state index contributed by atoms with van der Waals surface area (Å²) in [6, 6.07) is 15.7. The van der Waals surface area contributed by atoms with E-state index in [4.69, 9.17) is 16.3 Å². The van der Waals surface area contributed by atoms with Crippen molar-refractivity contribution in [2.75, 3.05) is 13.4 Å². The first-order valence-electron chi connectivity index (χ1n) is 6.75. The average Bonchev–Trinajstić information content (AvgIpc) is 3.00. The van der Waals surface area contributed by atoms with Crippen LogP contribution in [0, 0.1) is 0 Å². The predicted molar refractivity (Wildman–Crippen MR) is 92.8 cm³/mol. The van der Waals surface area contributed by atoms with Crippen molar-refractivity contribution in [1.29, 1.82) is 0 Å². The van der Waals surface area contributed by atoms with Gasteiger partial charge in [-0.2, -0.15) is 0 Å². The van der Waals surface area contributed by atoms with Crippen molar-refractivity contribution in [2.24, 2.45) is 0 Å². The summed E-state index contributed by atoms with van der Waals surface area (Å²) in [5.74, 6) is 0.831. The Labute approximate surface area is 138 Å². The van der Waals surface area contributed by atoms with E-state index in [0.717, 1.165) is 38.4 Å². The molecule has 0 spiro atoms. The molecule has 0 saturated heterocycles. The van der Waals surface area contributed by atoms with E-state index in [1.165, 1.54) is 0 Å². The van der Waals surface area contributed by atoms with Gasteiger partial charge in [-0.05, 0) is 42.7 Å². The number of ether oxygens (including phenoxy) is 1. The fraction of sp³-hybridized carbons (Fsp3) is 0.118. The Balaban J connectivity index is 2.09. The fourth-order valence-corrected chi connectivity index (χ4v) is 2.74. The van der Waals surface area contributed by atoms with Gasteiger partial charge in [-0.3, -0.25) is 0 Å². The minimum Gasteiger partial charge on any atom is -0.497 e. The molecule has 1 N–H and O–H groups in total. The highest BCUT2D eigenvalue weighted by atomic mass is 35.5. The third-order valence-electron chi connectivity index (χ3n) is 3.37. The number of nitrogens with zero attached hydrogens (tertiary/aromatic N) is 1. The van der Waals surface area contributed by atoms with Crippen LogP contribution in [0.4, 0.5) is 0 Å². The molecule has 0 atom stereocenters. The molecule has 0 aliphatic carbocycles. The second kappa shape index (κ2) is 6.46. The Morgan fingerprint density at radius 3 is 2.23 bits per heavy atom. The zero-order valence-corrected chi connectivity index (χ0v) is 13.8. The topological polar surface area (TPSA) is 37.9 Å². The second-order valence-electron chi connectivity index (χ2n) is 4.71.